The molecule has 1 aromatic heterocycles. The third-order valence-corrected chi connectivity index (χ3v) is 5.89. The number of aryl methyl sites for hydroxylation is 2. The van der Waals surface area contributed by atoms with Crippen molar-refractivity contribution in [1.82, 2.24) is 14.8 Å². The van der Waals surface area contributed by atoms with Gasteiger partial charge in [0.2, 0.25) is 11.8 Å². The number of ether oxygens (including phenoxy) is 2. The molecule has 2 amide bonds. The van der Waals surface area contributed by atoms with Crippen molar-refractivity contribution in [1.29, 1.82) is 0 Å². The Bertz CT molecular complexity index is 915. The average molecular weight is 414 g/mol. The molecule has 1 N–H and O–H groups in total. The van der Waals surface area contributed by atoms with Gasteiger partial charge in [0.05, 0.1) is 14.2 Å². The topological polar surface area (TPSA) is 72.8 Å². The first-order valence-electron chi connectivity index (χ1n) is 10.3. The molecule has 0 saturated heterocycles. The van der Waals surface area contributed by atoms with E-state index in [0.29, 0.717) is 30.9 Å². The van der Waals surface area contributed by atoms with Crippen LogP contribution in [-0.2, 0) is 29.1 Å². The number of carbonyl (C=O) groups excluding carboxylic acids is 2. The molecule has 2 aromatic rings. The van der Waals surface area contributed by atoms with E-state index in [4.69, 9.17) is 9.47 Å². The Morgan fingerprint density at radius 3 is 2.23 bits per heavy atom. The molecule has 30 heavy (non-hydrogen) atoms. The largest absolute Gasteiger partial charge is 0.493 e. The number of nitrogens with zero attached hydrogens (tertiary/aromatic N) is 2. The highest BCUT2D eigenvalue weighted by Gasteiger charge is 2.34. The number of carbonyl (C=O) groups is 2. The third kappa shape index (κ3) is 4.30. The Morgan fingerprint density at radius 2 is 1.67 bits per heavy atom. The number of likely N-dealkylation sites (N-methyl/N-ethyl adjacent to an activating group) is 1. The molecule has 0 aliphatic carbocycles. The second kappa shape index (κ2) is 9.24. The van der Waals surface area contributed by atoms with Crippen molar-refractivity contribution in [2.45, 2.75) is 52.2 Å². The van der Waals surface area contributed by atoms with E-state index >= 15 is 0 Å². The molecule has 7 nitrogen and oxygen atoms in total. The minimum Gasteiger partial charge on any atom is -0.493 e. The van der Waals surface area contributed by atoms with Crippen molar-refractivity contribution in [2.24, 2.45) is 0 Å². The van der Waals surface area contributed by atoms with Gasteiger partial charge in [0.1, 0.15) is 6.04 Å². The molecule has 0 bridgehead atoms. The Balaban J connectivity index is 1.77. The average Bonchev–Trinajstić information content (AvgIpc) is 3.08. The van der Waals surface area contributed by atoms with Crippen LogP contribution in [0.5, 0.6) is 11.5 Å². The summed E-state index contributed by atoms with van der Waals surface area (Å²) in [4.78, 5) is 27.3. The molecule has 0 saturated carbocycles. The van der Waals surface area contributed by atoms with Crippen LogP contribution in [0, 0.1) is 13.8 Å². The highest BCUT2D eigenvalue weighted by atomic mass is 16.5. The first-order valence-corrected chi connectivity index (χ1v) is 10.3. The molecule has 1 unspecified atom stereocenters. The lowest BCUT2D eigenvalue weighted by Gasteiger charge is -2.36. The maximum absolute atomic E-state index is 13.1. The summed E-state index contributed by atoms with van der Waals surface area (Å²) in [5.74, 6) is 1.09. The predicted octanol–water partition coefficient (Wildman–Crippen LogP) is 2.60. The Hall–Kier alpha value is -2.96. The van der Waals surface area contributed by atoms with Gasteiger partial charge in [-0.25, -0.2) is 0 Å². The molecule has 1 aliphatic heterocycles. The SMILES string of the molecule is CNC(=O)C1Cc2cc(OC)c(OC)cc2CN1C(=O)CCCn1c(C)ccc1C. The number of benzene rings is 1. The van der Waals surface area contributed by atoms with E-state index in [2.05, 4.69) is 35.9 Å². The molecule has 1 atom stereocenters. The Kier molecular flexibility index (Phi) is 6.70. The number of amides is 2. The summed E-state index contributed by atoms with van der Waals surface area (Å²) in [5, 5.41) is 2.70. The Labute approximate surface area is 178 Å². The van der Waals surface area contributed by atoms with Gasteiger partial charge in [-0.2, -0.15) is 0 Å². The summed E-state index contributed by atoms with van der Waals surface area (Å²) < 4.78 is 13.0. The number of nitrogens with one attached hydrogen (secondary N) is 1. The first kappa shape index (κ1) is 21.7. The Morgan fingerprint density at radius 1 is 1.07 bits per heavy atom. The van der Waals surface area contributed by atoms with Crippen LogP contribution in [-0.4, -0.2) is 48.6 Å². The van der Waals surface area contributed by atoms with Crippen LogP contribution in [0.3, 0.4) is 0 Å². The van der Waals surface area contributed by atoms with Gasteiger partial charge in [-0.3, -0.25) is 9.59 Å². The van der Waals surface area contributed by atoms with Gasteiger partial charge >= 0.3 is 0 Å². The summed E-state index contributed by atoms with van der Waals surface area (Å²) in [6, 6.07) is 7.46. The van der Waals surface area contributed by atoms with E-state index in [0.717, 1.165) is 24.1 Å². The number of methoxy groups -OCH3 is 2. The lowest BCUT2D eigenvalue weighted by atomic mass is 9.92. The maximum atomic E-state index is 13.1. The monoisotopic (exact) mass is 413 g/mol. The van der Waals surface area contributed by atoms with Crippen LogP contribution in [0.25, 0.3) is 0 Å². The highest BCUT2D eigenvalue weighted by molar-refractivity contribution is 5.88. The fourth-order valence-electron chi connectivity index (χ4n) is 4.16. The van der Waals surface area contributed by atoms with Gasteiger partial charge in [-0.15, -0.1) is 0 Å². The van der Waals surface area contributed by atoms with E-state index < -0.39 is 6.04 Å². The smallest absolute Gasteiger partial charge is 0.242 e. The van der Waals surface area contributed by atoms with Gasteiger partial charge in [0, 0.05) is 44.4 Å². The van der Waals surface area contributed by atoms with Crippen LogP contribution in [0.15, 0.2) is 24.3 Å². The van der Waals surface area contributed by atoms with Gasteiger partial charge in [0.15, 0.2) is 11.5 Å². The van der Waals surface area contributed by atoms with E-state index in [-0.39, 0.29) is 11.8 Å². The predicted molar refractivity (Wildman–Crippen MR) is 115 cm³/mol. The number of fused-ring (bicyclic) bond motifs is 1. The van der Waals surface area contributed by atoms with Crippen LogP contribution < -0.4 is 14.8 Å². The van der Waals surface area contributed by atoms with Gasteiger partial charge in [-0.05, 0) is 55.7 Å². The van der Waals surface area contributed by atoms with Crippen LogP contribution in [0.4, 0.5) is 0 Å². The van der Waals surface area contributed by atoms with Crippen molar-refractivity contribution < 1.29 is 19.1 Å². The van der Waals surface area contributed by atoms with Crippen molar-refractivity contribution >= 4 is 11.8 Å². The minimum absolute atomic E-state index is 0.00787. The van der Waals surface area contributed by atoms with Crippen molar-refractivity contribution in [3.8, 4) is 11.5 Å². The molecule has 0 radical (unpaired) electrons. The quantitative estimate of drug-likeness (QED) is 0.757. The molecule has 1 aromatic carbocycles. The summed E-state index contributed by atoms with van der Waals surface area (Å²) in [6.07, 6.45) is 1.58. The number of hydrogen-bond acceptors (Lipinski definition) is 4. The number of rotatable bonds is 7. The maximum Gasteiger partial charge on any atom is 0.242 e. The second-order valence-corrected chi connectivity index (χ2v) is 7.70. The van der Waals surface area contributed by atoms with Crippen molar-refractivity contribution in [3.05, 3.63) is 46.8 Å². The molecule has 162 valence electrons. The van der Waals surface area contributed by atoms with Crippen molar-refractivity contribution in [3.63, 3.8) is 0 Å². The number of aromatic nitrogens is 1. The second-order valence-electron chi connectivity index (χ2n) is 7.70. The zero-order valence-corrected chi connectivity index (χ0v) is 18.4. The van der Waals surface area contributed by atoms with E-state index in [1.54, 1.807) is 26.2 Å². The zero-order chi connectivity index (χ0) is 21.8. The summed E-state index contributed by atoms with van der Waals surface area (Å²) >= 11 is 0. The summed E-state index contributed by atoms with van der Waals surface area (Å²) in [5.41, 5.74) is 4.37. The summed E-state index contributed by atoms with van der Waals surface area (Å²) in [7, 11) is 4.79. The van der Waals surface area contributed by atoms with Gasteiger partial charge in [-0.1, -0.05) is 0 Å². The molecule has 0 spiro atoms. The third-order valence-electron chi connectivity index (χ3n) is 5.89. The van der Waals surface area contributed by atoms with E-state index in [9.17, 15) is 9.59 Å². The van der Waals surface area contributed by atoms with Gasteiger partial charge in [0.25, 0.3) is 0 Å². The lowest BCUT2D eigenvalue weighted by Crippen LogP contribution is -2.51. The molecule has 7 heteroatoms. The van der Waals surface area contributed by atoms with E-state index in [1.807, 2.05) is 12.1 Å². The zero-order valence-electron chi connectivity index (χ0n) is 18.4. The van der Waals surface area contributed by atoms with Crippen LogP contribution in [0.1, 0.15) is 35.4 Å². The normalized spacial score (nSPS) is 15.5. The van der Waals surface area contributed by atoms with Crippen molar-refractivity contribution in [2.75, 3.05) is 21.3 Å². The standard InChI is InChI=1S/C23H31N3O4/c1-15-8-9-16(2)25(15)10-6-7-22(27)26-14-18-13-21(30-5)20(29-4)12-17(18)11-19(26)23(28)24-3/h8-9,12-13,19H,6-7,10-11,14H2,1-5H3,(H,24,28). The fraction of sp³-hybridized carbons (Fsp3) is 0.478. The fourth-order valence-corrected chi connectivity index (χ4v) is 4.16. The minimum atomic E-state index is -0.525. The first-order chi connectivity index (χ1) is 14.4. The van der Waals surface area contributed by atoms with E-state index in [1.165, 1.54) is 11.4 Å². The molecular weight excluding hydrogens is 382 g/mol. The van der Waals surface area contributed by atoms with Crippen LogP contribution in [0.2, 0.25) is 0 Å². The lowest BCUT2D eigenvalue weighted by molar-refractivity contribution is -0.141. The molecule has 1 aliphatic rings. The molecular formula is C23H31N3O4. The molecule has 2 heterocycles. The molecule has 0 fully saturated rings. The molecule has 3 rings (SSSR count). The van der Waals surface area contributed by atoms with Gasteiger partial charge < -0.3 is 24.3 Å². The summed E-state index contributed by atoms with van der Waals surface area (Å²) in [6.45, 7) is 5.31. The van der Waals surface area contributed by atoms with Crippen LogP contribution >= 0.6 is 0 Å². The highest BCUT2D eigenvalue weighted by Crippen LogP contribution is 2.35. The number of hydrogen-bond donors (Lipinski definition) is 1.